The van der Waals surface area contributed by atoms with E-state index in [1.165, 1.54) is 0 Å². The first-order valence-corrected chi connectivity index (χ1v) is 8.16. The average Bonchev–Trinajstić information content (AvgIpc) is 2.86. The molecular weight excluding hydrogens is 280 g/mol. The van der Waals surface area contributed by atoms with Crippen LogP contribution in [0.25, 0.3) is 0 Å². The molecule has 0 saturated carbocycles. The third-order valence-electron chi connectivity index (χ3n) is 3.35. The van der Waals surface area contributed by atoms with Crippen LogP contribution in [-0.2, 0) is 10.0 Å². The maximum Gasteiger partial charge on any atom is 0.213 e. The second-order valence-electron chi connectivity index (χ2n) is 5.04. The number of sulfonamides is 1. The molecule has 1 aliphatic heterocycles. The summed E-state index contributed by atoms with van der Waals surface area (Å²) in [4.78, 5) is 1.90. The van der Waals surface area contributed by atoms with Gasteiger partial charge in [-0.05, 0) is 25.1 Å². The number of β-amino-alcohol motifs (C(OH)–C–C–N with tert-alkyl or cyclic N) is 1. The molecule has 1 heterocycles. The van der Waals surface area contributed by atoms with Crippen LogP contribution in [0.4, 0.5) is 0 Å². The Kier molecular flexibility index (Phi) is 4.98. The van der Waals surface area contributed by atoms with Crippen molar-refractivity contribution < 1.29 is 18.3 Å². The van der Waals surface area contributed by atoms with E-state index in [1.54, 1.807) is 0 Å². The van der Waals surface area contributed by atoms with Crippen molar-refractivity contribution >= 4 is 10.0 Å². The molecule has 3 N–H and O–H groups in total. The van der Waals surface area contributed by atoms with Gasteiger partial charge in [0.05, 0.1) is 5.25 Å². The van der Waals surface area contributed by atoms with Gasteiger partial charge in [-0.3, -0.25) is 4.90 Å². The summed E-state index contributed by atoms with van der Waals surface area (Å²) < 4.78 is 27.9. The van der Waals surface area contributed by atoms with Crippen LogP contribution in [0.1, 0.15) is 6.42 Å². The van der Waals surface area contributed by atoms with E-state index < -0.39 is 21.4 Å². The summed E-state index contributed by atoms with van der Waals surface area (Å²) in [5, 5.41) is 14.5. The van der Waals surface area contributed by atoms with Gasteiger partial charge in [0.2, 0.25) is 10.0 Å². The van der Waals surface area contributed by atoms with Gasteiger partial charge in [0, 0.05) is 13.1 Å². The summed E-state index contributed by atoms with van der Waals surface area (Å²) in [7, 11) is -3.48. The highest BCUT2D eigenvalue weighted by atomic mass is 32.2. The predicted molar refractivity (Wildman–Crippen MR) is 75.9 cm³/mol. The van der Waals surface area contributed by atoms with E-state index in [0.29, 0.717) is 31.8 Å². The number of para-hydroxylation sites is 1. The molecule has 1 aromatic rings. The van der Waals surface area contributed by atoms with Gasteiger partial charge in [0.1, 0.15) is 18.5 Å². The summed E-state index contributed by atoms with van der Waals surface area (Å²) >= 11 is 0. The number of aliphatic hydroxyl groups is 1. The third-order valence-corrected chi connectivity index (χ3v) is 4.66. The zero-order chi connectivity index (χ0) is 14.6. The molecule has 2 unspecified atom stereocenters. The summed E-state index contributed by atoms with van der Waals surface area (Å²) in [5.74, 6) is 0.704. The van der Waals surface area contributed by atoms with Crippen molar-refractivity contribution in [3.63, 3.8) is 0 Å². The first-order chi connectivity index (χ1) is 9.45. The van der Waals surface area contributed by atoms with Gasteiger partial charge in [-0.25, -0.2) is 13.6 Å². The molecule has 1 aliphatic rings. The van der Waals surface area contributed by atoms with E-state index in [0.717, 1.165) is 0 Å². The molecule has 0 spiro atoms. The number of rotatable bonds is 6. The zero-order valence-electron chi connectivity index (χ0n) is 11.2. The molecule has 0 aromatic heterocycles. The summed E-state index contributed by atoms with van der Waals surface area (Å²) in [5.41, 5.74) is 0. The van der Waals surface area contributed by atoms with Crippen molar-refractivity contribution in [3.8, 4) is 5.75 Å². The van der Waals surface area contributed by atoms with Crippen molar-refractivity contribution in [1.29, 1.82) is 0 Å². The number of nitrogens with two attached hydrogens (primary N) is 1. The monoisotopic (exact) mass is 300 g/mol. The molecule has 0 aliphatic carbocycles. The quantitative estimate of drug-likeness (QED) is 0.758. The molecule has 6 nitrogen and oxygen atoms in total. The van der Waals surface area contributed by atoms with Crippen molar-refractivity contribution in [2.45, 2.75) is 17.8 Å². The third kappa shape index (κ3) is 4.45. The lowest BCUT2D eigenvalue weighted by Crippen LogP contribution is -2.37. The number of nitrogens with zero attached hydrogens (tertiary/aromatic N) is 1. The van der Waals surface area contributed by atoms with E-state index in [1.807, 2.05) is 35.2 Å². The van der Waals surface area contributed by atoms with Crippen LogP contribution in [0.3, 0.4) is 0 Å². The number of aliphatic hydroxyl groups excluding tert-OH is 1. The number of primary sulfonamides is 1. The van der Waals surface area contributed by atoms with Gasteiger partial charge in [-0.1, -0.05) is 18.2 Å². The van der Waals surface area contributed by atoms with E-state index in [4.69, 9.17) is 9.88 Å². The Morgan fingerprint density at radius 3 is 2.70 bits per heavy atom. The molecular formula is C13H20N2O4S. The Balaban J connectivity index is 1.74. The van der Waals surface area contributed by atoms with Crippen LogP contribution in [-0.4, -0.2) is 56.0 Å². The van der Waals surface area contributed by atoms with Gasteiger partial charge in [0.25, 0.3) is 0 Å². The highest BCUT2D eigenvalue weighted by Gasteiger charge is 2.31. The normalized spacial score (nSPS) is 21.8. The number of likely N-dealkylation sites (tertiary alicyclic amines) is 1. The SMILES string of the molecule is NS(=O)(=O)C1CCN(CC(O)COc2ccccc2)C1. The lowest BCUT2D eigenvalue weighted by molar-refractivity contribution is 0.0759. The number of hydrogen-bond acceptors (Lipinski definition) is 5. The number of ether oxygens (including phenoxy) is 1. The Hall–Kier alpha value is -1.15. The summed E-state index contributed by atoms with van der Waals surface area (Å²) in [6.07, 6.45) is -0.139. The van der Waals surface area contributed by atoms with Crippen LogP contribution in [0.15, 0.2) is 30.3 Å². The first kappa shape index (κ1) is 15.2. The van der Waals surface area contributed by atoms with Crippen LogP contribution < -0.4 is 9.88 Å². The molecule has 1 fully saturated rings. The molecule has 0 amide bonds. The maximum absolute atomic E-state index is 11.2. The number of hydrogen-bond donors (Lipinski definition) is 2. The Morgan fingerprint density at radius 2 is 2.10 bits per heavy atom. The molecule has 2 atom stereocenters. The van der Waals surface area contributed by atoms with Crippen LogP contribution in [0.5, 0.6) is 5.75 Å². The van der Waals surface area contributed by atoms with Gasteiger partial charge >= 0.3 is 0 Å². The van der Waals surface area contributed by atoms with Gasteiger partial charge in [-0.15, -0.1) is 0 Å². The Labute approximate surface area is 119 Å². The van der Waals surface area contributed by atoms with Crippen molar-refractivity contribution in [2.24, 2.45) is 5.14 Å². The minimum atomic E-state index is -3.48. The van der Waals surface area contributed by atoms with Crippen molar-refractivity contribution in [2.75, 3.05) is 26.2 Å². The smallest absolute Gasteiger partial charge is 0.213 e. The second kappa shape index (κ2) is 6.53. The Morgan fingerprint density at radius 1 is 1.40 bits per heavy atom. The van der Waals surface area contributed by atoms with E-state index >= 15 is 0 Å². The molecule has 0 radical (unpaired) electrons. The minimum absolute atomic E-state index is 0.181. The second-order valence-corrected chi connectivity index (χ2v) is 6.88. The fraction of sp³-hybridized carbons (Fsp3) is 0.538. The lowest BCUT2D eigenvalue weighted by atomic mass is 10.3. The van der Waals surface area contributed by atoms with Gasteiger partial charge < -0.3 is 9.84 Å². The Bertz CT molecular complexity index is 520. The van der Waals surface area contributed by atoms with Crippen molar-refractivity contribution in [3.05, 3.63) is 30.3 Å². The van der Waals surface area contributed by atoms with Gasteiger partial charge in [0.15, 0.2) is 0 Å². The van der Waals surface area contributed by atoms with Crippen LogP contribution in [0.2, 0.25) is 0 Å². The van der Waals surface area contributed by atoms with Crippen molar-refractivity contribution in [1.82, 2.24) is 4.90 Å². The molecule has 1 aromatic carbocycles. The zero-order valence-corrected chi connectivity index (χ0v) is 12.0. The fourth-order valence-corrected chi connectivity index (χ4v) is 3.14. The highest BCUT2D eigenvalue weighted by molar-refractivity contribution is 7.89. The summed E-state index contributed by atoms with van der Waals surface area (Å²) in [6.45, 7) is 1.57. The molecule has 20 heavy (non-hydrogen) atoms. The lowest BCUT2D eigenvalue weighted by Gasteiger charge is -2.20. The van der Waals surface area contributed by atoms with E-state index in [-0.39, 0.29) is 6.61 Å². The van der Waals surface area contributed by atoms with E-state index in [2.05, 4.69) is 0 Å². The molecule has 1 saturated heterocycles. The molecule has 0 bridgehead atoms. The van der Waals surface area contributed by atoms with E-state index in [9.17, 15) is 13.5 Å². The van der Waals surface area contributed by atoms with Crippen LogP contribution in [0, 0.1) is 0 Å². The minimum Gasteiger partial charge on any atom is -0.491 e. The van der Waals surface area contributed by atoms with Gasteiger partial charge in [-0.2, -0.15) is 0 Å². The highest BCUT2D eigenvalue weighted by Crippen LogP contribution is 2.15. The largest absolute Gasteiger partial charge is 0.491 e. The number of benzene rings is 1. The first-order valence-electron chi connectivity index (χ1n) is 6.55. The predicted octanol–water partition coefficient (Wildman–Crippen LogP) is -0.211. The average molecular weight is 300 g/mol. The summed E-state index contributed by atoms with van der Waals surface area (Å²) in [6, 6.07) is 9.25. The van der Waals surface area contributed by atoms with Crippen LogP contribution >= 0.6 is 0 Å². The topological polar surface area (TPSA) is 92.9 Å². The molecule has 7 heteroatoms. The molecule has 112 valence electrons. The fourth-order valence-electron chi connectivity index (χ4n) is 2.29. The maximum atomic E-state index is 11.2. The molecule has 2 rings (SSSR count). The standard InChI is InChI=1S/C13H20N2O4S/c14-20(17,18)13-6-7-15(9-13)8-11(16)10-19-12-4-2-1-3-5-12/h1-5,11,13,16H,6-10H2,(H2,14,17,18).